The van der Waals surface area contributed by atoms with Gasteiger partial charge in [0.05, 0.1) is 27.7 Å². The van der Waals surface area contributed by atoms with Gasteiger partial charge in [0.1, 0.15) is 19.8 Å². The van der Waals surface area contributed by atoms with Gasteiger partial charge in [-0.15, -0.1) is 0 Å². The highest BCUT2D eigenvalue weighted by Gasteiger charge is 2.27. The van der Waals surface area contributed by atoms with Crippen molar-refractivity contribution >= 4 is 19.8 Å². The molecule has 0 aromatic heterocycles. The van der Waals surface area contributed by atoms with E-state index < -0.39 is 26.5 Å². The SMILES string of the molecule is CC/C=C\C/C=C\C/C=C\C/C=C\C/C=C\C/C=C\C/C=C\C/C=C\CCCCCCCCCCCCCCC(=O)OC(COC(=O)CCCCCCCCCCCCCCCCCCCCCCCCCCCCCCCCCCCCCCCCC)COP(=O)(O)OCC[N+](C)(C)C. The number of likely N-dealkylation sites (N-methyl/N-ethyl adjacent to an activating group) is 1. The van der Waals surface area contributed by atoms with Crippen LogP contribution in [-0.2, 0) is 32.7 Å². The van der Waals surface area contributed by atoms with Gasteiger partial charge in [0.2, 0.25) is 0 Å². The zero-order chi connectivity index (χ0) is 72.5. The van der Waals surface area contributed by atoms with Gasteiger partial charge < -0.3 is 18.9 Å². The Balaban J connectivity index is 3.92. The molecule has 0 aliphatic rings. The number of unbranched alkanes of at least 4 members (excludes halogenated alkanes) is 50. The van der Waals surface area contributed by atoms with E-state index in [-0.39, 0.29) is 25.6 Å². The van der Waals surface area contributed by atoms with E-state index in [9.17, 15) is 19.0 Å². The van der Waals surface area contributed by atoms with Crippen molar-refractivity contribution in [1.29, 1.82) is 0 Å². The van der Waals surface area contributed by atoms with Crippen LogP contribution >= 0.6 is 7.82 Å². The summed E-state index contributed by atoms with van der Waals surface area (Å²) in [5.41, 5.74) is 0. The lowest BCUT2D eigenvalue weighted by Gasteiger charge is -2.24. The van der Waals surface area contributed by atoms with Crippen LogP contribution in [0.25, 0.3) is 0 Å². The van der Waals surface area contributed by atoms with Crippen molar-refractivity contribution in [3.63, 3.8) is 0 Å². The number of quaternary nitrogens is 1. The smallest absolute Gasteiger partial charge is 0.462 e. The predicted molar refractivity (Wildman–Crippen MR) is 436 cm³/mol. The Morgan fingerprint density at radius 3 is 0.850 bits per heavy atom. The minimum Gasteiger partial charge on any atom is -0.462 e. The Bertz CT molecular complexity index is 2010. The van der Waals surface area contributed by atoms with E-state index in [4.69, 9.17) is 18.5 Å². The maximum absolute atomic E-state index is 12.9. The van der Waals surface area contributed by atoms with Crippen LogP contribution in [0.1, 0.15) is 412 Å². The summed E-state index contributed by atoms with van der Waals surface area (Å²) >= 11 is 0. The fourth-order valence-corrected chi connectivity index (χ4v) is 13.4. The summed E-state index contributed by atoms with van der Waals surface area (Å²) in [6.07, 6.45) is 113. The largest absolute Gasteiger partial charge is 0.472 e. The van der Waals surface area contributed by atoms with Gasteiger partial charge in [-0.25, -0.2) is 4.57 Å². The highest BCUT2D eigenvalue weighted by molar-refractivity contribution is 7.47. The Morgan fingerprint density at radius 1 is 0.320 bits per heavy atom. The Morgan fingerprint density at radius 2 is 0.570 bits per heavy atom. The number of hydrogen-bond donors (Lipinski definition) is 1. The number of phosphoric ester groups is 1. The Hall–Kier alpha value is -3.07. The maximum atomic E-state index is 12.9. The lowest BCUT2D eigenvalue weighted by atomic mass is 10.0. The number of carbonyl (C=O) groups is 2. The van der Waals surface area contributed by atoms with Crippen molar-refractivity contribution in [3.8, 4) is 0 Å². The number of allylic oxidation sites excluding steroid dienone is 16. The topological polar surface area (TPSA) is 108 Å². The molecule has 2 atom stereocenters. The van der Waals surface area contributed by atoms with E-state index in [1.54, 1.807) is 0 Å². The summed E-state index contributed by atoms with van der Waals surface area (Å²) in [5.74, 6) is -0.784. The molecule has 1 N–H and O–H groups in total. The monoisotopic (exact) mass is 1420 g/mol. The second-order valence-corrected chi connectivity index (χ2v) is 31.7. The van der Waals surface area contributed by atoms with Crippen LogP contribution in [0.15, 0.2) is 97.2 Å². The van der Waals surface area contributed by atoms with Gasteiger partial charge in [-0.3, -0.25) is 18.6 Å². The summed E-state index contributed by atoms with van der Waals surface area (Å²) in [6.45, 7) is 4.38. The second-order valence-electron chi connectivity index (χ2n) is 30.2. The van der Waals surface area contributed by atoms with Crippen LogP contribution < -0.4 is 0 Å². The number of phosphoric acid groups is 1. The zero-order valence-electron chi connectivity index (χ0n) is 66.7. The summed E-state index contributed by atoms with van der Waals surface area (Å²) in [5, 5.41) is 0. The van der Waals surface area contributed by atoms with Crippen LogP contribution in [-0.4, -0.2) is 74.9 Å². The fourth-order valence-electron chi connectivity index (χ4n) is 12.6. The third-order valence-corrected chi connectivity index (χ3v) is 20.1. The van der Waals surface area contributed by atoms with Crippen LogP contribution in [0.4, 0.5) is 0 Å². The first kappa shape index (κ1) is 96.9. The molecule has 9 nitrogen and oxygen atoms in total. The van der Waals surface area contributed by atoms with Gasteiger partial charge in [-0.2, -0.15) is 0 Å². The number of rotatable bonds is 80. The first-order chi connectivity index (χ1) is 49.0. The molecule has 0 amide bonds. The Kier molecular flexibility index (Phi) is 77.6. The quantitative estimate of drug-likeness (QED) is 0.0211. The molecule has 0 bridgehead atoms. The van der Waals surface area contributed by atoms with Gasteiger partial charge in [-0.1, -0.05) is 419 Å². The van der Waals surface area contributed by atoms with Crippen molar-refractivity contribution < 1.29 is 42.1 Å². The van der Waals surface area contributed by atoms with Crippen LogP contribution in [0.2, 0.25) is 0 Å². The zero-order valence-corrected chi connectivity index (χ0v) is 67.6. The molecule has 0 saturated carbocycles. The van der Waals surface area contributed by atoms with Gasteiger partial charge in [-0.05, 0) is 77.0 Å². The number of nitrogens with zero attached hydrogens (tertiary/aromatic N) is 1. The molecule has 0 aliphatic heterocycles. The molecule has 0 saturated heterocycles. The molecule has 2 unspecified atom stereocenters. The molecule has 0 aliphatic carbocycles. The van der Waals surface area contributed by atoms with Crippen molar-refractivity contribution in [2.24, 2.45) is 0 Å². The molecule has 0 aromatic carbocycles. The van der Waals surface area contributed by atoms with Crippen molar-refractivity contribution in [2.45, 2.75) is 418 Å². The minimum absolute atomic E-state index is 0.0301. The first-order valence-corrected chi connectivity index (χ1v) is 44.5. The molecule has 0 fully saturated rings. The van der Waals surface area contributed by atoms with Gasteiger partial charge >= 0.3 is 19.8 Å². The normalized spacial score (nSPS) is 13.5. The van der Waals surface area contributed by atoms with E-state index in [0.717, 1.165) is 89.9 Å². The molecular weight excluding hydrogens is 1250 g/mol. The van der Waals surface area contributed by atoms with E-state index in [0.29, 0.717) is 23.9 Å². The van der Waals surface area contributed by atoms with E-state index in [1.165, 1.54) is 289 Å². The molecule has 0 aromatic rings. The summed E-state index contributed by atoms with van der Waals surface area (Å²) in [4.78, 5) is 36.0. The van der Waals surface area contributed by atoms with E-state index in [2.05, 4.69) is 111 Å². The highest BCUT2D eigenvalue weighted by atomic mass is 31.2. The number of ether oxygens (including phenoxy) is 2. The summed E-state index contributed by atoms with van der Waals surface area (Å²) in [7, 11) is 1.49. The summed E-state index contributed by atoms with van der Waals surface area (Å²) < 4.78 is 34.9. The number of esters is 2. The molecule has 0 radical (unpaired) electrons. The molecule has 10 heteroatoms. The van der Waals surface area contributed by atoms with Crippen LogP contribution in [0.5, 0.6) is 0 Å². The third kappa shape index (κ3) is 83.9. The minimum atomic E-state index is -4.40. The molecule has 0 rings (SSSR count). The third-order valence-electron chi connectivity index (χ3n) is 19.1. The summed E-state index contributed by atoms with van der Waals surface area (Å²) in [6, 6.07) is 0. The molecule has 0 spiro atoms. The first-order valence-electron chi connectivity index (χ1n) is 43.0. The van der Waals surface area contributed by atoms with Gasteiger partial charge in [0.25, 0.3) is 0 Å². The van der Waals surface area contributed by atoms with E-state index in [1.807, 2.05) is 21.1 Å². The Labute approximate surface area is 621 Å². The standard InChI is InChI=1S/C90H164NO8P/c1-6-8-10-12-14-16-18-20-22-24-26-28-30-32-34-36-38-40-42-44-45-47-48-50-52-54-56-58-60-62-64-66-68-70-72-74-76-78-80-82-89(92)96-86-88(87-98-100(94,95)97-85-84-91(3,4)5)99-90(93)83-81-79-77-75-73-71-69-67-65-63-61-59-57-55-53-51-49-46-43-41-39-37-35-33-31-29-27-25-23-21-19-17-15-13-11-9-7-2/h9,11,15,17,21,23,27,29,33,35,39,41,46,49,53,55,88H,6-8,10,12-14,16,18-20,22,24-26,28,30-32,34,36-38,40,42-45,47-48,50-52,54,56-87H2,1-5H3/p+1/b11-9-,17-15-,23-21-,29-27-,35-33-,41-39-,49-46-,55-53-. The molecule has 0 heterocycles. The molecule has 582 valence electrons. The van der Waals surface area contributed by atoms with Crippen LogP contribution in [0, 0.1) is 0 Å². The second kappa shape index (κ2) is 80.0. The number of hydrogen-bond acceptors (Lipinski definition) is 7. The van der Waals surface area contributed by atoms with Crippen molar-refractivity contribution in [1.82, 2.24) is 0 Å². The van der Waals surface area contributed by atoms with Gasteiger partial charge in [0.15, 0.2) is 6.10 Å². The lowest BCUT2D eigenvalue weighted by Crippen LogP contribution is -2.37. The van der Waals surface area contributed by atoms with Crippen molar-refractivity contribution in [3.05, 3.63) is 97.2 Å². The number of carbonyl (C=O) groups excluding carboxylic acids is 2. The van der Waals surface area contributed by atoms with E-state index >= 15 is 0 Å². The lowest BCUT2D eigenvalue weighted by molar-refractivity contribution is -0.870. The highest BCUT2D eigenvalue weighted by Crippen LogP contribution is 2.43. The predicted octanol–water partition coefficient (Wildman–Crippen LogP) is 29.0. The maximum Gasteiger partial charge on any atom is 0.472 e. The van der Waals surface area contributed by atoms with Crippen LogP contribution in [0.3, 0.4) is 0 Å². The van der Waals surface area contributed by atoms with Crippen molar-refractivity contribution in [2.75, 3.05) is 47.5 Å². The van der Waals surface area contributed by atoms with Gasteiger partial charge in [0, 0.05) is 12.8 Å². The fraction of sp³-hybridized carbons (Fsp3) is 0.800. The average Bonchev–Trinajstić information content (AvgIpc) is 1.02. The molecule has 100 heavy (non-hydrogen) atoms. The average molecular weight is 1420 g/mol. The molecular formula is C90H165NO8P+.